The maximum atomic E-state index is 13.1. The van der Waals surface area contributed by atoms with Crippen molar-refractivity contribution < 1.29 is 28.3 Å². The number of hydrogen-bond acceptors (Lipinski definition) is 5. The van der Waals surface area contributed by atoms with Gasteiger partial charge in [-0.15, -0.1) is 0 Å². The summed E-state index contributed by atoms with van der Waals surface area (Å²) in [5.41, 5.74) is 0.891. The Hall–Kier alpha value is -3.26. The van der Waals surface area contributed by atoms with Crippen LogP contribution < -0.4 is 0 Å². The lowest BCUT2D eigenvalue weighted by molar-refractivity contribution is 0.0691. The predicted octanol–water partition coefficient (Wildman–Crippen LogP) is 2.88. The van der Waals surface area contributed by atoms with E-state index in [-0.39, 0.29) is 34.9 Å². The maximum absolute atomic E-state index is 13.1. The van der Waals surface area contributed by atoms with Gasteiger partial charge in [0.2, 0.25) is 5.78 Å². The molecule has 0 aliphatic carbocycles. The van der Waals surface area contributed by atoms with Crippen LogP contribution in [0.4, 0.5) is 4.39 Å². The van der Waals surface area contributed by atoms with Crippen LogP contribution in [0.2, 0.25) is 0 Å². The summed E-state index contributed by atoms with van der Waals surface area (Å²) in [4.78, 5) is 26.4. The highest BCUT2D eigenvalue weighted by molar-refractivity contribution is 6.13. The molecular weight excluding hydrogens is 331 g/mol. The van der Waals surface area contributed by atoms with E-state index < -0.39 is 17.6 Å². The van der Waals surface area contributed by atoms with Crippen LogP contribution in [0.25, 0.3) is 11.3 Å². The number of carbonyl (C=O) groups excluding carboxylic acids is 1. The number of ether oxygens (including phenoxy) is 1. The maximum Gasteiger partial charge on any atom is 0.352 e. The molecule has 3 rings (SSSR count). The second-order valence-corrected chi connectivity index (χ2v) is 5.21. The van der Waals surface area contributed by atoms with Gasteiger partial charge in [0.05, 0.1) is 5.56 Å². The third-order valence-electron chi connectivity index (χ3n) is 3.56. The van der Waals surface area contributed by atoms with E-state index in [1.54, 1.807) is 0 Å². The number of aromatic amines is 1. The summed E-state index contributed by atoms with van der Waals surface area (Å²) in [5.74, 6) is -1.88. The van der Waals surface area contributed by atoms with Gasteiger partial charge in [0.25, 0.3) is 0 Å². The largest absolute Gasteiger partial charge is 0.477 e. The van der Waals surface area contributed by atoms with Gasteiger partial charge in [0.15, 0.2) is 5.76 Å². The third-order valence-corrected chi connectivity index (χ3v) is 3.56. The van der Waals surface area contributed by atoms with Gasteiger partial charge >= 0.3 is 5.97 Å². The first-order chi connectivity index (χ1) is 12.0. The Balaban J connectivity index is 2.08. The molecule has 0 bridgehead atoms. The topological polar surface area (TPSA) is 105 Å². The van der Waals surface area contributed by atoms with Crippen LogP contribution in [0, 0.1) is 5.82 Å². The number of halogens is 1. The lowest BCUT2D eigenvalue weighted by atomic mass is 9.99. The Labute approximate surface area is 141 Å². The molecule has 1 aromatic carbocycles. The first kappa shape index (κ1) is 16.6. The van der Waals surface area contributed by atoms with Crippen LogP contribution in [0.5, 0.6) is 0 Å². The minimum absolute atomic E-state index is 0.00544. The molecule has 0 amide bonds. The molecule has 2 heterocycles. The Morgan fingerprint density at radius 2 is 2.04 bits per heavy atom. The number of aromatic carboxylic acids is 1. The number of ketones is 1. The van der Waals surface area contributed by atoms with Crippen LogP contribution in [-0.2, 0) is 11.3 Å². The van der Waals surface area contributed by atoms with E-state index in [0.29, 0.717) is 5.56 Å². The Morgan fingerprint density at radius 3 is 2.64 bits per heavy atom. The summed E-state index contributed by atoms with van der Waals surface area (Å²) in [7, 11) is 1.44. The van der Waals surface area contributed by atoms with Crippen molar-refractivity contribution in [3.05, 3.63) is 64.9 Å². The second-order valence-electron chi connectivity index (χ2n) is 5.21. The minimum Gasteiger partial charge on any atom is -0.477 e. The molecule has 0 saturated heterocycles. The van der Waals surface area contributed by atoms with Crippen LogP contribution in [0.15, 0.2) is 41.1 Å². The number of H-pyrrole nitrogens is 1. The van der Waals surface area contributed by atoms with Crippen molar-refractivity contribution in [1.82, 2.24) is 10.1 Å². The van der Waals surface area contributed by atoms with Crippen molar-refractivity contribution in [2.24, 2.45) is 0 Å². The van der Waals surface area contributed by atoms with Crippen LogP contribution in [-0.4, -0.2) is 34.1 Å². The molecule has 2 N–H and O–H groups in total. The SMILES string of the molecule is COCc1onc(-c2ccc(F)cc2)c1C(=O)c1c[nH]c(C(=O)O)c1. The molecule has 7 nitrogen and oxygen atoms in total. The van der Waals surface area contributed by atoms with E-state index in [9.17, 15) is 14.0 Å². The monoisotopic (exact) mass is 344 g/mol. The summed E-state index contributed by atoms with van der Waals surface area (Å²) in [6.07, 6.45) is 1.30. The first-order valence-electron chi connectivity index (χ1n) is 7.21. The van der Waals surface area contributed by atoms with Crippen molar-refractivity contribution in [3.63, 3.8) is 0 Å². The minimum atomic E-state index is -1.18. The molecule has 0 spiro atoms. The molecule has 0 fully saturated rings. The van der Waals surface area contributed by atoms with Gasteiger partial charge < -0.3 is 19.4 Å². The van der Waals surface area contributed by atoms with Crippen molar-refractivity contribution in [2.45, 2.75) is 6.61 Å². The molecule has 25 heavy (non-hydrogen) atoms. The molecule has 0 aliphatic rings. The Morgan fingerprint density at radius 1 is 1.32 bits per heavy atom. The van der Waals surface area contributed by atoms with Gasteiger partial charge in [-0.2, -0.15) is 0 Å². The molecule has 0 radical (unpaired) electrons. The van der Waals surface area contributed by atoms with Gasteiger partial charge in [0, 0.05) is 24.4 Å². The fourth-order valence-corrected chi connectivity index (χ4v) is 2.39. The second kappa shape index (κ2) is 6.70. The van der Waals surface area contributed by atoms with Gasteiger partial charge in [-0.05, 0) is 30.3 Å². The summed E-state index contributed by atoms with van der Waals surface area (Å²) in [6.45, 7) is 0.00544. The van der Waals surface area contributed by atoms with Crippen LogP contribution in [0.1, 0.15) is 32.2 Å². The number of aromatic nitrogens is 2. The predicted molar refractivity (Wildman–Crippen MR) is 83.8 cm³/mol. The van der Waals surface area contributed by atoms with Gasteiger partial charge in [0.1, 0.15) is 23.8 Å². The van der Waals surface area contributed by atoms with E-state index in [4.69, 9.17) is 14.4 Å². The number of rotatable bonds is 6. The lowest BCUT2D eigenvalue weighted by Crippen LogP contribution is -2.05. The molecule has 8 heteroatoms. The lowest BCUT2D eigenvalue weighted by Gasteiger charge is -2.02. The number of methoxy groups -OCH3 is 1. The standard InChI is InChI=1S/C17H13FN2O5/c1-24-8-13-14(16(21)10-6-12(17(22)23)19-7-10)15(20-25-13)9-2-4-11(18)5-3-9/h2-7,19H,8H2,1H3,(H,22,23). The van der Waals surface area contributed by atoms with E-state index in [1.165, 1.54) is 43.6 Å². The summed E-state index contributed by atoms with van der Waals surface area (Å²) in [6, 6.07) is 6.66. The number of nitrogens with zero attached hydrogens (tertiary/aromatic N) is 1. The Kier molecular flexibility index (Phi) is 4.44. The molecule has 2 aromatic heterocycles. The summed E-state index contributed by atoms with van der Waals surface area (Å²) < 4.78 is 23.4. The summed E-state index contributed by atoms with van der Waals surface area (Å²) in [5, 5.41) is 12.9. The van der Waals surface area contributed by atoms with E-state index in [2.05, 4.69) is 10.1 Å². The number of benzene rings is 1. The molecular formula is C17H13FN2O5. The zero-order valence-corrected chi connectivity index (χ0v) is 13.1. The number of hydrogen-bond donors (Lipinski definition) is 2. The van der Waals surface area contributed by atoms with Gasteiger partial charge in [-0.25, -0.2) is 9.18 Å². The zero-order valence-electron chi connectivity index (χ0n) is 13.1. The van der Waals surface area contributed by atoms with E-state index in [0.717, 1.165) is 0 Å². The van der Waals surface area contributed by atoms with Gasteiger partial charge in [-0.3, -0.25) is 4.79 Å². The van der Waals surface area contributed by atoms with Crippen molar-refractivity contribution in [2.75, 3.05) is 7.11 Å². The van der Waals surface area contributed by atoms with Crippen LogP contribution in [0.3, 0.4) is 0 Å². The molecule has 128 valence electrons. The molecule has 0 unspecified atom stereocenters. The van der Waals surface area contributed by atoms with Crippen molar-refractivity contribution >= 4 is 11.8 Å². The summed E-state index contributed by atoms with van der Waals surface area (Å²) >= 11 is 0. The number of carboxylic acids is 1. The van der Waals surface area contributed by atoms with Crippen molar-refractivity contribution in [3.8, 4) is 11.3 Å². The zero-order chi connectivity index (χ0) is 18.0. The fraction of sp³-hybridized carbons (Fsp3) is 0.118. The van der Waals surface area contributed by atoms with E-state index in [1.807, 2.05) is 0 Å². The molecule has 0 saturated carbocycles. The highest BCUT2D eigenvalue weighted by atomic mass is 19.1. The number of carboxylic acid groups (broad SMARTS) is 1. The average molecular weight is 344 g/mol. The molecule has 0 atom stereocenters. The van der Waals surface area contributed by atoms with Gasteiger partial charge in [-0.1, -0.05) is 5.16 Å². The Bertz CT molecular complexity index is 927. The smallest absolute Gasteiger partial charge is 0.352 e. The normalized spacial score (nSPS) is 10.8. The highest BCUT2D eigenvalue weighted by Crippen LogP contribution is 2.28. The molecule has 3 aromatic rings. The molecule has 0 aliphatic heterocycles. The van der Waals surface area contributed by atoms with E-state index >= 15 is 0 Å². The third kappa shape index (κ3) is 3.20. The average Bonchev–Trinajstić information content (AvgIpc) is 3.23. The fourth-order valence-electron chi connectivity index (χ4n) is 2.39. The number of carbonyl (C=O) groups is 2. The van der Waals surface area contributed by atoms with Crippen molar-refractivity contribution in [1.29, 1.82) is 0 Å². The van der Waals surface area contributed by atoms with Crippen LogP contribution >= 0.6 is 0 Å². The highest BCUT2D eigenvalue weighted by Gasteiger charge is 2.26. The number of nitrogens with one attached hydrogen (secondary N) is 1. The quantitative estimate of drug-likeness (QED) is 0.666. The first-order valence-corrected chi connectivity index (χ1v) is 7.21.